The Kier molecular flexibility index (Phi) is 4.44. The first-order valence-electron chi connectivity index (χ1n) is 7.27. The van der Waals surface area contributed by atoms with E-state index in [0.717, 1.165) is 5.56 Å². The van der Waals surface area contributed by atoms with Gasteiger partial charge in [0.2, 0.25) is 11.7 Å². The van der Waals surface area contributed by atoms with E-state index in [2.05, 4.69) is 10.3 Å². The molecule has 3 aromatic rings. The predicted molar refractivity (Wildman–Crippen MR) is 94.3 cm³/mol. The van der Waals surface area contributed by atoms with Crippen molar-refractivity contribution in [1.82, 2.24) is 9.38 Å². The summed E-state index contributed by atoms with van der Waals surface area (Å²) in [6.07, 6.45) is 4.89. The SMILES string of the molecule is CC(=O)Nc1ccc(/C=C/C(=O)c2c(Cl)nc3ccccn23)cc1. The number of rotatable bonds is 4. The van der Waals surface area contributed by atoms with Crippen molar-refractivity contribution in [1.29, 1.82) is 0 Å². The van der Waals surface area contributed by atoms with Crippen LogP contribution < -0.4 is 5.32 Å². The summed E-state index contributed by atoms with van der Waals surface area (Å²) >= 11 is 6.09. The molecule has 24 heavy (non-hydrogen) atoms. The Bertz CT molecular complexity index is 943. The van der Waals surface area contributed by atoms with E-state index in [1.54, 1.807) is 34.9 Å². The highest BCUT2D eigenvalue weighted by Crippen LogP contribution is 2.19. The number of amides is 1. The van der Waals surface area contributed by atoms with Crippen molar-refractivity contribution in [3.8, 4) is 0 Å². The maximum Gasteiger partial charge on any atom is 0.221 e. The van der Waals surface area contributed by atoms with Gasteiger partial charge >= 0.3 is 0 Å². The number of nitrogens with one attached hydrogen (secondary N) is 1. The Labute approximate surface area is 143 Å². The van der Waals surface area contributed by atoms with Gasteiger partial charge in [-0.1, -0.05) is 35.9 Å². The fourth-order valence-electron chi connectivity index (χ4n) is 2.32. The highest BCUT2D eigenvalue weighted by Gasteiger charge is 2.15. The number of anilines is 1. The molecule has 1 amide bonds. The third kappa shape index (κ3) is 3.36. The Morgan fingerprint density at radius 1 is 1.17 bits per heavy atom. The predicted octanol–water partition coefficient (Wildman–Crippen LogP) is 3.84. The second-order valence-electron chi connectivity index (χ2n) is 5.18. The Morgan fingerprint density at radius 2 is 1.92 bits per heavy atom. The molecular formula is C18H14ClN3O2. The summed E-state index contributed by atoms with van der Waals surface area (Å²) < 4.78 is 1.66. The van der Waals surface area contributed by atoms with Crippen LogP contribution in [-0.2, 0) is 4.79 Å². The van der Waals surface area contributed by atoms with Crippen LogP contribution >= 0.6 is 11.6 Å². The Morgan fingerprint density at radius 3 is 2.62 bits per heavy atom. The molecule has 120 valence electrons. The first-order valence-corrected chi connectivity index (χ1v) is 7.65. The molecule has 2 heterocycles. The minimum atomic E-state index is -0.232. The van der Waals surface area contributed by atoms with Gasteiger partial charge in [-0.15, -0.1) is 0 Å². The molecule has 5 nitrogen and oxygen atoms in total. The number of allylic oxidation sites excluding steroid dienone is 1. The molecule has 0 bridgehead atoms. The summed E-state index contributed by atoms with van der Waals surface area (Å²) in [5.74, 6) is -0.361. The minimum Gasteiger partial charge on any atom is -0.326 e. The van der Waals surface area contributed by atoms with E-state index in [9.17, 15) is 9.59 Å². The van der Waals surface area contributed by atoms with Crippen molar-refractivity contribution in [3.63, 3.8) is 0 Å². The first kappa shape index (κ1) is 16.0. The molecule has 1 N–H and O–H groups in total. The maximum absolute atomic E-state index is 12.4. The number of fused-ring (bicyclic) bond motifs is 1. The van der Waals surface area contributed by atoms with Crippen LogP contribution in [0.1, 0.15) is 23.0 Å². The van der Waals surface area contributed by atoms with Crippen molar-refractivity contribution in [3.05, 3.63) is 71.1 Å². The summed E-state index contributed by atoms with van der Waals surface area (Å²) in [6.45, 7) is 1.45. The van der Waals surface area contributed by atoms with E-state index in [-0.39, 0.29) is 16.8 Å². The Hall–Kier alpha value is -2.92. The van der Waals surface area contributed by atoms with Crippen LogP contribution in [0.3, 0.4) is 0 Å². The first-order chi connectivity index (χ1) is 11.5. The molecule has 2 aromatic heterocycles. The monoisotopic (exact) mass is 339 g/mol. The number of pyridine rings is 1. The highest BCUT2D eigenvalue weighted by atomic mass is 35.5. The van der Waals surface area contributed by atoms with Gasteiger partial charge < -0.3 is 5.32 Å². The van der Waals surface area contributed by atoms with Crippen LogP contribution in [0.4, 0.5) is 5.69 Å². The van der Waals surface area contributed by atoms with Gasteiger partial charge in [0.1, 0.15) is 11.3 Å². The number of imidazole rings is 1. The summed E-state index contributed by atoms with van der Waals surface area (Å²) in [7, 11) is 0. The van der Waals surface area contributed by atoms with Crippen LogP contribution in [0, 0.1) is 0 Å². The molecule has 3 rings (SSSR count). The molecule has 0 radical (unpaired) electrons. The van der Waals surface area contributed by atoms with Crippen LogP contribution in [0.25, 0.3) is 11.7 Å². The van der Waals surface area contributed by atoms with Crippen LogP contribution in [-0.4, -0.2) is 21.1 Å². The lowest BCUT2D eigenvalue weighted by Crippen LogP contribution is -2.05. The molecule has 0 aliphatic rings. The van der Waals surface area contributed by atoms with Crippen molar-refractivity contribution in [2.75, 3.05) is 5.32 Å². The number of halogens is 1. The quantitative estimate of drug-likeness (QED) is 0.580. The third-order valence-electron chi connectivity index (χ3n) is 3.38. The molecule has 0 aliphatic heterocycles. The van der Waals surface area contributed by atoms with Gasteiger partial charge in [0.25, 0.3) is 0 Å². The number of carbonyl (C=O) groups excluding carboxylic acids is 2. The number of hydrogen-bond donors (Lipinski definition) is 1. The third-order valence-corrected chi connectivity index (χ3v) is 3.64. The van der Waals surface area contributed by atoms with Crippen LogP contribution in [0.5, 0.6) is 0 Å². The van der Waals surface area contributed by atoms with Crippen molar-refractivity contribution in [2.24, 2.45) is 0 Å². The fourth-order valence-corrected chi connectivity index (χ4v) is 2.59. The topological polar surface area (TPSA) is 63.5 Å². The van der Waals surface area contributed by atoms with Crippen molar-refractivity contribution < 1.29 is 9.59 Å². The van der Waals surface area contributed by atoms with Crippen LogP contribution in [0.2, 0.25) is 5.15 Å². The largest absolute Gasteiger partial charge is 0.326 e. The van der Waals surface area contributed by atoms with Gasteiger partial charge in [0.05, 0.1) is 0 Å². The second kappa shape index (κ2) is 6.68. The average molecular weight is 340 g/mol. The van der Waals surface area contributed by atoms with Gasteiger partial charge in [0.15, 0.2) is 5.15 Å². The molecule has 0 unspecified atom stereocenters. The van der Waals surface area contributed by atoms with E-state index in [0.29, 0.717) is 17.0 Å². The van der Waals surface area contributed by atoms with E-state index >= 15 is 0 Å². The number of ketones is 1. The molecule has 0 fully saturated rings. The smallest absolute Gasteiger partial charge is 0.221 e. The fraction of sp³-hybridized carbons (Fsp3) is 0.0556. The molecule has 0 saturated carbocycles. The van der Waals surface area contributed by atoms with E-state index in [1.165, 1.54) is 13.0 Å². The molecular weight excluding hydrogens is 326 g/mol. The lowest BCUT2D eigenvalue weighted by atomic mass is 10.1. The molecule has 0 atom stereocenters. The van der Waals surface area contributed by atoms with Crippen molar-refractivity contribution >= 4 is 40.7 Å². The minimum absolute atomic E-state index is 0.129. The van der Waals surface area contributed by atoms with Crippen molar-refractivity contribution in [2.45, 2.75) is 6.92 Å². The molecule has 0 saturated heterocycles. The summed E-state index contributed by atoms with van der Waals surface area (Å²) in [5.41, 5.74) is 2.50. The maximum atomic E-state index is 12.4. The normalized spacial score (nSPS) is 11.1. The van der Waals surface area contributed by atoms with E-state index < -0.39 is 0 Å². The summed E-state index contributed by atoms with van der Waals surface area (Å²) in [6, 6.07) is 12.6. The standard InChI is InChI=1S/C18H14ClN3O2/c1-12(23)20-14-8-5-13(6-9-14)7-10-15(24)17-18(19)21-16-4-2-3-11-22(16)17/h2-11H,1H3,(H,20,23)/b10-7+. The zero-order chi connectivity index (χ0) is 17.1. The van der Waals surface area contributed by atoms with E-state index in [4.69, 9.17) is 11.6 Å². The molecule has 6 heteroatoms. The summed E-state index contributed by atoms with van der Waals surface area (Å²) in [4.78, 5) is 27.6. The summed E-state index contributed by atoms with van der Waals surface area (Å²) in [5, 5.41) is 2.87. The average Bonchev–Trinajstić information content (AvgIpc) is 2.89. The lowest BCUT2D eigenvalue weighted by molar-refractivity contribution is -0.114. The Balaban J connectivity index is 1.82. The zero-order valence-electron chi connectivity index (χ0n) is 12.9. The van der Waals surface area contributed by atoms with Gasteiger partial charge in [0, 0.05) is 18.8 Å². The zero-order valence-corrected chi connectivity index (χ0v) is 13.6. The van der Waals surface area contributed by atoms with Gasteiger partial charge in [-0.05, 0) is 35.9 Å². The number of carbonyl (C=O) groups is 2. The van der Waals surface area contributed by atoms with Gasteiger partial charge in [-0.2, -0.15) is 0 Å². The number of benzene rings is 1. The number of hydrogen-bond acceptors (Lipinski definition) is 3. The van der Waals surface area contributed by atoms with E-state index in [1.807, 2.05) is 24.3 Å². The number of aromatic nitrogens is 2. The lowest BCUT2D eigenvalue weighted by Gasteiger charge is -2.01. The number of nitrogens with zero attached hydrogens (tertiary/aromatic N) is 2. The molecule has 0 aliphatic carbocycles. The van der Waals surface area contributed by atoms with Crippen LogP contribution in [0.15, 0.2) is 54.7 Å². The van der Waals surface area contributed by atoms with Gasteiger partial charge in [-0.3, -0.25) is 14.0 Å². The molecule has 0 spiro atoms. The highest BCUT2D eigenvalue weighted by molar-refractivity contribution is 6.33. The van der Waals surface area contributed by atoms with Gasteiger partial charge in [-0.25, -0.2) is 4.98 Å². The molecule has 1 aromatic carbocycles. The second-order valence-corrected chi connectivity index (χ2v) is 5.54.